The van der Waals surface area contributed by atoms with Crippen molar-refractivity contribution in [2.24, 2.45) is 5.92 Å². The summed E-state index contributed by atoms with van der Waals surface area (Å²) >= 11 is 0. The van der Waals surface area contributed by atoms with Gasteiger partial charge in [0.05, 0.1) is 19.3 Å². The van der Waals surface area contributed by atoms with Gasteiger partial charge in [0, 0.05) is 43.7 Å². The molecule has 0 spiro atoms. The summed E-state index contributed by atoms with van der Waals surface area (Å²) in [4.78, 5) is 31.5. The Bertz CT molecular complexity index is 963. The first-order valence-corrected chi connectivity index (χ1v) is 12.1. The van der Waals surface area contributed by atoms with Crippen LogP contribution in [0.3, 0.4) is 0 Å². The molecule has 1 fully saturated rings. The number of hydrogen-bond acceptors (Lipinski definition) is 6. The first-order chi connectivity index (χ1) is 16.3. The highest BCUT2D eigenvalue weighted by atomic mass is 16.5. The van der Waals surface area contributed by atoms with Gasteiger partial charge in [-0.25, -0.2) is 0 Å². The molecule has 0 radical (unpaired) electrons. The minimum absolute atomic E-state index is 0.00982. The molecule has 1 unspecified atom stereocenters. The lowest BCUT2D eigenvalue weighted by Crippen LogP contribution is -2.48. The number of rotatable bonds is 8. The molecule has 8 heteroatoms. The number of benzene rings is 1. The van der Waals surface area contributed by atoms with Crippen LogP contribution < -0.4 is 9.64 Å². The van der Waals surface area contributed by atoms with E-state index in [1.54, 1.807) is 12.0 Å². The third-order valence-electron chi connectivity index (χ3n) is 6.39. The van der Waals surface area contributed by atoms with Crippen molar-refractivity contribution in [2.45, 2.75) is 46.6 Å². The van der Waals surface area contributed by atoms with E-state index in [0.29, 0.717) is 19.6 Å². The van der Waals surface area contributed by atoms with E-state index in [0.717, 1.165) is 42.2 Å². The predicted octanol–water partition coefficient (Wildman–Crippen LogP) is 3.47. The summed E-state index contributed by atoms with van der Waals surface area (Å²) in [6.07, 6.45) is 1.66. The normalized spacial score (nSPS) is 15.1. The number of carbonyl (C=O) groups excluding carboxylic acids is 2. The molecule has 1 aliphatic rings. The van der Waals surface area contributed by atoms with E-state index in [1.165, 1.54) is 0 Å². The van der Waals surface area contributed by atoms with Crippen LogP contribution in [-0.2, 0) is 9.59 Å². The quantitative estimate of drug-likeness (QED) is 0.592. The van der Waals surface area contributed by atoms with E-state index in [9.17, 15) is 9.59 Å². The standard InChI is InChI=1S/C26H37N5O3/c1-6-20(4)31(26(33)19(2)3)18-25(32)30-14-8-13-29(15-16-30)24-12-11-23(27-28-24)21-9-7-10-22(17-21)34-5/h7,9-12,17,19-20H,6,8,13-16,18H2,1-5H3. The first kappa shape index (κ1) is 25.5. The highest BCUT2D eigenvalue weighted by Crippen LogP contribution is 2.23. The van der Waals surface area contributed by atoms with Gasteiger partial charge in [0.25, 0.3) is 0 Å². The number of ether oxygens (including phenoxy) is 1. The third-order valence-corrected chi connectivity index (χ3v) is 6.39. The summed E-state index contributed by atoms with van der Waals surface area (Å²) in [5, 5.41) is 8.87. The Hall–Kier alpha value is -3.16. The van der Waals surface area contributed by atoms with Crippen molar-refractivity contribution in [1.82, 2.24) is 20.0 Å². The van der Waals surface area contributed by atoms with Gasteiger partial charge in [-0.05, 0) is 44.0 Å². The summed E-state index contributed by atoms with van der Waals surface area (Å²) in [6, 6.07) is 11.7. The molecule has 2 amide bonds. The van der Waals surface area contributed by atoms with E-state index < -0.39 is 0 Å². The zero-order valence-corrected chi connectivity index (χ0v) is 21.0. The van der Waals surface area contributed by atoms with Gasteiger partial charge in [-0.3, -0.25) is 9.59 Å². The average Bonchev–Trinajstić information content (AvgIpc) is 3.13. The fraction of sp³-hybridized carbons (Fsp3) is 0.538. The Morgan fingerprint density at radius 3 is 2.50 bits per heavy atom. The van der Waals surface area contributed by atoms with Gasteiger partial charge in [0.15, 0.2) is 5.82 Å². The number of amides is 2. The van der Waals surface area contributed by atoms with Crippen LogP contribution in [0.25, 0.3) is 11.3 Å². The number of aromatic nitrogens is 2. The van der Waals surface area contributed by atoms with Crippen molar-refractivity contribution in [3.8, 4) is 17.0 Å². The van der Waals surface area contributed by atoms with E-state index in [2.05, 4.69) is 15.1 Å². The van der Waals surface area contributed by atoms with Crippen molar-refractivity contribution in [3.05, 3.63) is 36.4 Å². The zero-order valence-electron chi connectivity index (χ0n) is 21.0. The molecule has 0 saturated carbocycles. The summed E-state index contributed by atoms with van der Waals surface area (Å²) in [5.74, 6) is 1.50. The monoisotopic (exact) mass is 467 g/mol. The first-order valence-electron chi connectivity index (χ1n) is 12.1. The molecule has 34 heavy (non-hydrogen) atoms. The lowest BCUT2D eigenvalue weighted by atomic mass is 10.1. The van der Waals surface area contributed by atoms with Gasteiger partial charge < -0.3 is 19.4 Å². The molecule has 0 bridgehead atoms. The summed E-state index contributed by atoms with van der Waals surface area (Å²) in [7, 11) is 1.64. The van der Waals surface area contributed by atoms with E-state index in [-0.39, 0.29) is 30.3 Å². The van der Waals surface area contributed by atoms with Gasteiger partial charge in [0.1, 0.15) is 5.75 Å². The highest BCUT2D eigenvalue weighted by Gasteiger charge is 2.27. The topological polar surface area (TPSA) is 78.9 Å². The molecular weight excluding hydrogens is 430 g/mol. The number of methoxy groups -OCH3 is 1. The van der Waals surface area contributed by atoms with Crippen LogP contribution in [0.1, 0.15) is 40.5 Å². The number of anilines is 1. The second-order valence-electron chi connectivity index (χ2n) is 9.11. The number of carbonyl (C=O) groups is 2. The van der Waals surface area contributed by atoms with E-state index in [1.807, 2.05) is 69.0 Å². The predicted molar refractivity (Wildman–Crippen MR) is 134 cm³/mol. The highest BCUT2D eigenvalue weighted by molar-refractivity contribution is 5.86. The van der Waals surface area contributed by atoms with Gasteiger partial charge in [0.2, 0.25) is 11.8 Å². The maximum atomic E-state index is 13.1. The second-order valence-corrected chi connectivity index (χ2v) is 9.11. The fourth-order valence-electron chi connectivity index (χ4n) is 4.07. The van der Waals surface area contributed by atoms with Crippen LogP contribution in [0.2, 0.25) is 0 Å². The molecule has 1 atom stereocenters. The summed E-state index contributed by atoms with van der Waals surface area (Å²) < 4.78 is 5.30. The van der Waals surface area contributed by atoms with Crippen molar-refractivity contribution in [2.75, 3.05) is 44.7 Å². The molecule has 3 rings (SSSR count). The Morgan fingerprint density at radius 1 is 1.06 bits per heavy atom. The van der Waals surface area contributed by atoms with Crippen LogP contribution in [-0.4, -0.2) is 77.7 Å². The molecule has 8 nitrogen and oxygen atoms in total. The van der Waals surface area contributed by atoms with Crippen molar-refractivity contribution in [3.63, 3.8) is 0 Å². The maximum Gasteiger partial charge on any atom is 0.242 e. The van der Waals surface area contributed by atoms with Crippen molar-refractivity contribution in [1.29, 1.82) is 0 Å². The zero-order chi connectivity index (χ0) is 24.7. The van der Waals surface area contributed by atoms with Gasteiger partial charge in [-0.1, -0.05) is 32.9 Å². The molecule has 0 N–H and O–H groups in total. The molecule has 1 aromatic carbocycles. The molecule has 2 heterocycles. The maximum absolute atomic E-state index is 13.1. The minimum atomic E-state index is -0.125. The molecule has 1 aliphatic heterocycles. The molecule has 0 aliphatic carbocycles. The van der Waals surface area contributed by atoms with Crippen molar-refractivity contribution < 1.29 is 14.3 Å². The number of nitrogens with zero attached hydrogens (tertiary/aromatic N) is 5. The molecule has 1 aromatic heterocycles. The van der Waals surface area contributed by atoms with Crippen LogP contribution in [0.4, 0.5) is 5.82 Å². The van der Waals surface area contributed by atoms with Gasteiger partial charge in [-0.2, -0.15) is 0 Å². The fourth-order valence-corrected chi connectivity index (χ4v) is 4.07. The van der Waals surface area contributed by atoms with E-state index in [4.69, 9.17) is 4.74 Å². The Morgan fingerprint density at radius 2 is 1.85 bits per heavy atom. The van der Waals surface area contributed by atoms with Crippen LogP contribution >= 0.6 is 0 Å². The SMILES string of the molecule is CCC(C)N(CC(=O)N1CCCN(c2ccc(-c3cccc(OC)c3)nn2)CC1)C(=O)C(C)C. The Balaban J connectivity index is 1.63. The Labute approximate surface area is 202 Å². The van der Waals surface area contributed by atoms with Crippen molar-refractivity contribution >= 4 is 17.6 Å². The van der Waals surface area contributed by atoms with Crippen LogP contribution in [0, 0.1) is 5.92 Å². The summed E-state index contributed by atoms with van der Waals surface area (Å²) in [5.41, 5.74) is 1.74. The van der Waals surface area contributed by atoms with E-state index >= 15 is 0 Å². The summed E-state index contributed by atoms with van der Waals surface area (Å²) in [6.45, 7) is 10.7. The molecule has 184 valence electrons. The minimum Gasteiger partial charge on any atom is -0.497 e. The number of hydrogen-bond donors (Lipinski definition) is 0. The van der Waals surface area contributed by atoms with Gasteiger partial charge >= 0.3 is 0 Å². The van der Waals surface area contributed by atoms with Crippen LogP contribution in [0.15, 0.2) is 36.4 Å². The molecule has 1 saturated heterocycles. The second kappa shape index (κ2) is 11.8. The smallest absolute Gasteiger partial charge is 0.242 e. The lowest BCUT2D eigenvalue weighted by Gasteiger charge is -2.32. The molecular formula is C26H37N5O3. The molecule has 2 aromatic rings. The third kappa shape index (κ3) is 6.24. The largest absolute Gasteiger partial charge is 0.497 e. The van der Waals surface area contributed by atoms with Crippen LogP contribution in [0.5, 0.6) is 5.75 Å². The Kier molecular flexibility index (Phi) is 8.85. The average molecular weight is 468 g/mol. The van der Waals surface area contributed by atoms with Gasteiger partial charge in [-0.15, -0.1) is 10.2 Å². The lowest BCUT2D eigenvalue weighted by molar-refractivity contribution is -0.144.